The van der Waals surface area contributed by atoms with Crippen LogP contribution >= 0.6 is 0 Å². The van der Waals surface area contributed by atoms with Gasteiger partial charge in [0.1, 0.15) is 17.2 Å². The highest BCUT2D eigenvalue weighted by Gasteiger charge is 2.23. The predicted molar refractivity (Wildman–Crippen MR) is 207 cm³/mol. The van der Waals surface area contributed by atoms with Crippen molar-refractivity contribution in [3.05, 3.63) is 106 Å². The summed E-state index contributed by atoms with van der Waals surface area (Å²) in [6.45, 7) is 11.3. The van der Waals surface area contributed by atoms with E-state index >= 15 is 4.39 Å². The molecule has 0 radical (unpaired) electrons. The van der Waals surface area contributed by atoms with E-state index in [2.05, 4.69) is 42.3 Å². The van der Waals surface area contributed by atoms with Crippen LogP contribution in [-0.4, -0.2) is 81.9 Å². The number of amides is 2. The smallest absolute Gasteiger partial charge is 0.270 e. The Morgan fingerprint density at radius 3 is 2.39 bits per heavy atom. The first-order valence-corrected chi connectivity index (χ1v) is 19.0. The number of nitrogens with zero attached hydrogens (tertiary/aromatic N) is 5. The summed E-state index contributed by atoms with van der Waals surface area (Å²) >= 11 is 0. The van der Waals surface area contributed by atoms with Gasteiger partial charge >= 0.3 is 0 Å². The summed E-state index contributed by atoms with van der Waals surface area (Å²) in [7, 11) is 0. The first kappa shape index (κ1) is 37.1. The number of fused-ring (bicyclic) bond motifs is 1. The van der Waals surface area contributed by atoms with Crippen molar-refractivity contribution in [2.75, 3.05) is 44.7 Å². The molecule has 0 atom stereocenters. The summed E-state index contributed by atoms with van der Waals surface area (Å²) in [5.74, 6) is -1.17. The largest absolute Gasteiger partial charge is 0.381 e. The lowest BCUT2D eigenvalue weighted by molar-refractivity contribution is 0.0904. The minimum atomic E-state index is -0.438. The zero-order valence-electron chi connectivity index (χ0n) is 31.0. The highest BCUT2D eigenvalue weighted by Crippen LogP contribution is 2.31. The van der Waals surface area contributed by atoms with E-state index in [1.54, 1.807) is 30.3 Å². The summed E-state index contributed by atoms with van der Waals surface area (Å²) in [6.07, 6.45) is 4.27. The molecule has 5 heterocycles. The van der Waals surface area contributed by atoms with Crippen molar-refractivity contribution in [3.8, 4) is 11.1 Å². The third kappa shape index (κ3) is 8.59. The number of benzene rings is 2. The quantitative estimate of drug-likeness (QED) is 0.131. The Kier molecular flexibility index (Phi) is 11.9. The van der Waals surface area contributed by atoms with Crippen LogP contribution in [0, 0.1) is 5.82 Å². The molecule has 12 nitrogen and oxygen atoms in total. The van der Waals surface area contributed by atoms with Gasteiger partial charge in [0.2, 0.25) is 0 Å². The first-order chi connectivity index (χ1) is 26.4. The van der Waals surface area contributed by atoms with Gasteiger partial charge in [0.15, 0.2) is 5.65 Å². The number of hydrogen-bond acceptors (Lipinski definition) is 9. The number of ether oxygens (including phenoxy) is 1. The second kappa shape index (κ2) is 17.3. The molecule has 54 heavy (non-hydrogen) atoms. The highest BCUT2D eigenvalue weighted by atomic mass is 19.1. The SMILES string of the molecule is CCc1nc2c(cnn2CC)c(NC2CCOCC2)c1CNC(=O)c1cccc(C(=O)NCc2ccc(F)c(-c3cccc(CN4CCNCC4)c3)c2)n1. The van der Waals surface area contributed by atoms with Crippen molar-refractivity contribution in [1.29, 1.82) is 0 Å². The van der Waals surface area contributed by atoms with Crippen LogP contribution in [0.4, 0.5) is 10.1 Å². The third-order valence-corrected chi connectivity index (χ3v) is 10.2. The molecule has 0 unspecified atom stereocenters. The molecule has 0 spiro atoms. The van der Waals surface area contributed by atoms with E-state index in [-0.39, 0.29) is 36.3 Å². The lowest BCUT2D eigenvalue weighted by Crippen LogP contribution is -2.42. The fourth-order valence-corrected chi connectivity index (χ4v) is 7.19. The Hall–Kier alpha value is -5.24. The number of rotatable bonds is 13. The molecule has 13 heteroatoms. The van der Waals surface area contributed by atoms with Gasteiger partial charge in [-0.2, -0.15) is 5.10 Å². The molecule has 3 aromatic heterocycles. The molecule has 282 valence electrons. The van der Waals surface area contributed by atoms with Crippen LogP contribution in [0.15, 0.2) is 66.9 Å². The van der Waals surface area contributed by atoms with Gasteiger partial charge in [-0.15, -0.1) is 0 Å². The van der Waals surface area contributed by atoms with Crippen LogP contribution in [0.2, 0.25) is 0 Å². The number of pyridine rings is 2. The fraction of sp³-hybridized carbons (Fsp3) is 0.390. The minimum Gasteiger partial charge on any atom is -0.381 e. The van der Waals surface area contributed by atoms with Crippen molar-refractivity contribution in [3.63, 3.8) is 0 Å². The van der Waals surface area contributed by atoms with Gasteiger partial charge in [-0.25, -0.2) is 19.0 Å². The number of carbonyl (C=O) groups excluding carboxylic acids is 2. The minimum absolute atomic E-state index is 0.108. The van der Waals surface area contributed by atoms with Crippen molar-refractivity contribution in [1.82, 2.24) is 40.6 Å². The van der Waals surface area contributed by atoms with Crippen LogP contribution < -0.4 is 21.3 Å². The predicted octanol–water partition coefficient (Wildman–Crippen LogP) is 5.07. The van der Waals surface area contributed by atoms with E-state index < -0.39 is 11.8 Å². The van der Waals surface area contributed by atoms with Crippen molar-refractivity contribution in [2.24, 2.45) is 0 Å². The molecule has 2 saturated heterocycles. The van der Waals surface area contributed by atoms with E-state index in [0.29, 0.717) is 31.7 Å². The van der Waals surface area contributed by atoms with Gasteiger partial charge in [0.05, 0.1) is 17.3 Å². The molecule has 2 aliphatic heterocycles. The van der Waals surface area contributed by atoms with Gasteiger partial charge in [-0.1, -0.05) is 37.3 Å². The Morgan fingerprint density at radius 2 is 1.65 bits per heavy atom. The van der Waals surface area contributed by atoms with Gasteiger partial charge in [-0.05, 0) is 73.2 Å². The number of hydrogen-bond donors (Lipinski definition) is 4. The van der Waals surface area contributed by atoms with Gasteiger partial charge in [-0.3, -0.25) is 14.5 Å². The molecule has 2 amide bonds. The van der Waals surface area contributed by atoms with Crippen LogP contribution in [0.1, 0.15) is 70.1 Å². The van der Waals surface area contributed by atoms with E-state index in [4.69, 9.17) is 9.72 Å². The van der Waals surface area contributed by atoms with E-state index in [1.807, 2.05) is 42.9 Å². The summed E-state index contributed by atoms with van der Waals surface area (Å²) in [6, 6.07) is 17.9. The summed E-state index contributed by atoms with van der Waals surface area (Å²) in [4.78, 5) is 38.5. The maximum absolute atomic E-state index is 15.1. The number of piperazine rings is 1. The standard InChI is InChI=1S/C41H48FN9O3/c1-3-35-32(38(47-30-13-19-54-20-14-30)33-25-46-51(4-2)39(33)49-35)24-45-41(53)37-10-6-9-36(48-37)40(52)44-23-27-11-12-34(42)31(22-27)29-8-5-7-28(21-29)26-50-17-15-43-16-18-50/h5-12,21-22,25,30,43H,3-4,13-20,23-24,26H2,1-2H3,(H,44,52)(H,45,53)(H,47,49). The maximum Gasteiger partial charge on any atom is 0.270 e. The van der Waals surface area contributed by atoms with Gasteiger partial charge in [0.25, 0.3) is 11.8 Å². The van der Waals surface area contributed by atoms with Crippen molar-refractivity contribution >= 4 is 28.5 Å². The summed E-state index contributed by atoms with van der Waals surface area (Å²) < 4.78 is 22.6. The van der Waals surface area contributed by atoms with E-state index in [9.17, 15) is 9.59 Å². The fourth-order valence-electron chi connectivity index (χ4n) is 7.19. The highest BCUT2D eigenvalue weighted by molar-refractivity contribution is 5.97. The number of aromatic nitrogens is 4. The number of halogens is 1. The molecule has 2 fully saturated rings. The molecule has 0 saturated carbocycles. The first-order valence-electron chi connectivity index (χ1n) is 19.0. The zero-order valence-corrected chi connectivity index (χ0v) is 31.0. The Morgan fingerprint density at radius 1 is 0.907 bits per heavy atom. The monoisotopic (exact) mass is 733 g/mol. The molecule has 7 rings (SSSR count). The van der Waals surface area contributed by atoms with Crippen LogP contribution in [0.5, 0.6) is 0 Å². The Balaban J connectivity index is 1.02. The topological polar surface area (TPSA) is 138 Å². The molecular formula is C41H48FN9O3. The molecule has 0 bridgehead atoms. The Bertz CT molecular complexity index is 2110. The number of aryl methyl sites for hydroxylation is 2. The van der Waals surface area contributed by atoms with Gasteiger partial charge < -0.3 is 26.0 Å². The van der Waals surface area contributed by atoms with E-state index in [1.165, 1.54) is 6.07 Å². The normalized spacial score (nSPS) is 15.3. The second-order valence-electron chi connectivity index (χ2n) is 13.8. The lowest BCUT2D eigenvalue weighted by Gasteiger charge is -2.27. The van der Waals surface area contributed by atoms with Crippen LogP contribution in [0.3, 0.4) is 0 Å². The maximum atomic E-state index is 15.1. The molecule has 4 N–H and O–H groups in total. The molecule has 2 aliphatic rings. The van der Waals surface area contributed by atoms with Gasteiger partial charge in [0, 0.05) is 88.4 Å². The molecule has 5 aromatic rings. The third-order valence-electron chi connectivity index (χ3n) is 10.2. The number of anilines is 1. The average Bonchev–Trinajstić information content (AvgIpc) is 3.63. The molecule has 0 aliphatic carbocycles. The lowest BCUT2D eigenvalue weighted by atomic mass is 10.00. The number of carbonyl (C=O) groups is 2. The second-order valence-corrected chi connectivity index (χ2v) is 13.8. The zero-order chi connectivity index (χ0) is 37.4. The summed E-state index contributed by atoms with van der Waals surface area (Å²) in [5.41, 5.74) is 6.89. The summed E-state index contributed by atoms with van der Waals surface area (Å²) in [5, 5.41) is 18.5. The average molecular weight is 734 g/mol. The van der Waals surface area contributed by atoms with Crippen LogP contribution in [0.25, 0.3) is 22.2 Å². The Labute approximate surface area is 314 Å². The van der Waals surface area contributed by atoms with Crippen molar-refractivity contribution in [2.45, 2.75) is 65.3 Å². The van der Waals surface area contributed by atoms with Crippen LogP contribution in [-0.2, 0) is 37.3 Å². The van der Waals surface area contributed by atoms with E-state index in [0.717, 1.165) is 90.2 Å². The molecular weight excluding hydrogens is 686 g/mol. The molecule has 2 aromatic carbocycles. The van der Waals surface area contributed by atoms with Crippen molar-refractivity contribution < 1.29 is 18.7 Å². The number of nitrogens with one attached hydrogen (secondary N) is 4.